The first-order chi connectivity index (χ1) is 17.1. The van der Waals surface area contributed by atoms with Crippen molar-refractivity contribution in [2.24, 2.45) is 0 Å². The van der Waals surface area contributed by atoms with Crippen molar-refractivity contribution < 1.29 is 31.9 Å². The van der Waals surface area contributed by atoms with Gasteiger partial charge in [0, 0.05) is 11.3 Å². The molecule has 1 aliphatic carbocycles. The normalized spacial score (nSPS) is 19.4. The number of fused-ring (bicyclic) bond motifs is 2. The number of amides is 1. The molecule has 12 heteroatoms. The summed E-state index contributed by atoms with van der Waals surface area (Å²) >= 11 is 1.31. The van der Waals surface area contributed by atoms with E-state index in [4.69, 9.17) is 9.15 Å². The van der Waals surface area contributed by atoms with Gasteiger partial charge in [-0.25, -0.2) is 9.48 Å². The fourth-order valence-electron chi connectivity index (χ4n) is 4.72. The molecule has 5 rings (SSSR count). The predicted octanol–water partition coefficient (Wildman–Crippen LogP) is 5.89. The minimum atomic E-state index is -4.58. The SMILES string of the molecule is CC(C)OC(=O)c1c(NC(=O)c2cnn3c2NC(c2ccco2)CC3C(F)(F)F)sc2c1CCCC2. The van der Waals surface area contributed by atoms with Crippen LogP contribution in [-0.2, 0) is 17.6 Å². The average molecular weight is 523 g/mol. The van der Waals surface area contributed by atoms with E-state index in [9.17, 15) is 22.8 Å². The molecule has 4 heterocycles. The van der Waals surface area contributed by atoms with Crippen LogP contribution in [0.15, 0.2) is 29.0 Å². The van der Waals surface area contributed by atoms with Gasteiger partial charge in [-0.15, -0.1) is 11.3 Å². The summed E-state index contributed by atoms with van der Waals surface area (Å²) in [5.41, 5.74) is 1.14. The number of esters is 1. The highest BCUT2D eigenvalue weighted by molar-refractivity contribution is 7.17. The number of hydrogen-bond donors (Lipinski definition) is 2. The van der Waals surface area contributed by atoms with Crippen LogP contribution in [0, 0.1) is 0 Å². The van der Waals surface area contributed by atoms with Gasteiger partial charge >= 0.3 is 12.1 Å². The fraction of sp³-hybridized carbons (Fsp3) is 0.458. The number of carbonyl (C=O) groups is 2. The van der Waals surface area contributed by atoms with Crippen molar-refractivity contribution in [3.63, 3.8) is 0 Å². The Morgan fingerprint density at radius 3 is 2.78 bits per heavy atom. The van der Waals surface area contributed by atoms with Crippen molar-refractivity contribution >= 4 is 34.0 Å². The van der Waals surface area contributed by atoms with Crippen LogP contribution < -0.4 is 10.6 Å². The highest BCUT2D eigenvalue weighted by atomic mass is 32.1. The summed E-state index contributed by atoms with van der Waals surface area (Å²) in [5.74, 6) is -0.922. The van der Waals surface area contributed by atoms with E-state index >= 15 is 0 Å². The van der Waals surface area contributed by atoms with Crippen molar-refractivity contribution in [3.8, 4) is 0 Å². The number of hydrogen-bond acceptors (Lipinski definition) is 7. The molecule has 2 aliphatic rings. The summed E-state index contributed by atoms with van der Waals surface area (Å²) in [6.45, 7) is 3.48. The first-order valence-electron chi connectivity index (χ1n) is 11.7. The lowest BCUT2D eigenvalue weighted by atomic mass is 9.95. The first kappa shape index (κ1) is 24.4. The Kier molecular flexibility index (Phi) is 6.31. The van der Waals surface area contributed by atoms with Gasteiger partial charge in [0.1, 0.15) is 22.1 Å². The molecule has 0 saturated heterocycles. The molecular formula is C24H25F3N4O4S. The molecule has 0 spiro atoms. The summed E-state index contributed by atoms with van der Waals surface area (Å²) in [5, 5.41) is 9.98. The summed E-state index contributed by atoms with van der Waals surface area (Å²) in [6.07, 6.45) is 0.631. The second-order valence-electron chi connectivity index (χ2n) is 9.18. The topological polar surface area (TPSA) is 98.4 Å². The van der Waals surface area contributed by atoms with E-state index in [1.54, 1.807) is 26.0 Å². The number of halogens is 3. The van der Waals surface area contributed by atoms with Crippen LogP contribution in [0.3, 0.4) is 0 Å². The van der Waals surface area contributed by atoms with Crippen LogP contribution >= 0.6 is 11.3 Å². The van der Waals surface area contributed by atoms with Gasteiger partial charge in [0.15, 0.2) is 6.04 Å². The zero-order chi connectivity index (χ0) is 25.6. The van der Waals surface area contributed by atoms with Gasteiger partial charge in [0.25, 0.3) is 5.91 Å². The number of thiophene rings is 1. The molecular weight excluding hydrogens is 497 g/mol. The molecule has 3 aromatic rings. The third-order valence-electron chi connectivity index (χ3n) is 6.31. The van der Waals surface area contributed by atoms with Crippen molar-refractivity contribution in [1.29, 1.82) is 0 Å². The number of nitrogens with one attached hydrogen (secondary N) is 2. The molecule has 8 nitrogen and oxygen atoms in total. The highest BCUT2D eigenvalue weighted by Gasteiger charge is 2.48. The number of aromatic nitrogens is 2. The third kappa shape index (κ3) is 4.49. The smallest absolute Gasteiger partial charge is 0.410 e. The first-order valence-corrected chi connectivity index (χ1v) is 12.6. The van der Waals surface area contributed by atoms with Crippen molar-refractivity contribution in [1.82, 2.24) is 9.78 Å². The minimum absolute atomic E-state index is 0.0601. The van der Waals surface area contributed by atoms with Crippen LogP contribution in [0.4, 0.5) is 24.0 Å². The van der Waals surface area contributed by atoms with Gasteiger partial charge in [-0.2, -0.15) is 18.3 Å². The van der Waals surface area contributed by atoms with Crippen LogP contribution in [-0.4, -0.2) is 33.9 Å². The minimum Gasteiger partial charge on any atom is -0.467 e. The summed E-state index contributed by atoms with van der Waals surface area (Å²) in [7, 11) is 0. The van der Waals surface area contributed by atoms with E-state index in [0.717, 1.165) is 40.6 Å². The molecule has 36 heavy (non-hydrogen) atoms. The molecule has 0 saturated carbocycles. The van der Waals surface area contributed by atoms with Gasteiger partial charge in [0.2, 0.25) is 0 Å². The van der Waals surface area contributed by atoms with Crippen molar-refractivity contribution in [3.05, 3.63) is 51.9 Å². The summed E-state index contributed by atoms with van der Waals surface area (Å²) in [4.78, 5) is 27.3. The van der Waals surface area contributed by atoms with Crippen LogP contribution in [0.2, 0.25) is 0 Å². The molecule has 2 N–H and O–H groups in total. The highest BCUT2D eigenvalue weighted by Crippen LogP contribution is 2.45. The van der Waals surface area contributed by atoms with E-state index in [1.165, 1.54) is 17.6 Å². The van der Waals surface area contributed by atoms with Gasteiger partial charge in [-0.3, -0.25) is 4.79 Å². The molecule has 1 amide bonds. The summed E-state index contributed by atoms with van der Waals surface area (Å²) in [6, 6.07) is 0.443. The number of rotatable bonds is 5. The lowest BCUT2D eigenvalue weighted by molar-refractivity contribution is -0.174. The second kappa shape index (κ2) is 9.30. The molecule has 2 atom stereocenters. The number of aryl methyl sites for hydroxylation is 1. The largest absolute Gasteiger partial charge is 0.467 e. The van der Waals surface area contributed by atoms with Gasteiger partial charge in [-0.05, 0) is 57.2 Å². The third-order valence-corrected chi connectivity index (χ3v) is 7.52. The average Bonchev–Trinajstić information content (AvgIpc) is 3.55. The van der Waals surface area contributed by atoms with Gasteiger partial charge in [0.05, 0.1) is 30.2 Å². The van der Waals surface area contributed by atoms with E-state index in [0.29, 0.717) is 22.7 Å². The molecule has 1 aliphatic heterocycles. The van der Waals surface area contributed by atoms with E-state index < -0.39 is 30.1 Å². The predicted molar refractivity (Wildman–Crippen MR) is 126 cm³/mol. The second-order valence-corrected chi connectivity index (χ2v) is 10.3. The quantitative estimate of drug-likeness (QED) is 0.405. The van der Waals surface area contributed by atoms with Crippen molar-refractivity contribution in [2.45, 2.75) is 70.3 Å². The van der Waals surface area contributed by atoms with Gasteiger partial charge in [-0.1, -0.05) is 0 Å². The molecule has 0 aromatic carbocycles. The standard InChI is InChI=1S/C24H25F3N4O4S/c1-12(2)35-23(33)19-13-6-3-4-8-17(13)36-22(19)30-21(32)14-11-28-31-18(24(25,26)27)10-15(29-20(14)31)16-7-5-9-34-16/h5,7,9,11-12,15,18,29H,3-4,6,8,10H2,1-2H3,(H,30,32). The lowest BCUT2D eigenvalue weighted by Crippen LogP contribution is -2.36. The number of furan rings is 1. The Labute approximate surface area is 208 Å². The maximum Gasteiger partial charge on any atom is 0.410 e. The van der Waals surface area contributed by atoms with E-state index in [2.05, 4.69) is 15.7 Å². The molecule has 192 valence electrons. The van der Waals surface area contributed by atoms with E-state index in [-0.39, 0.29) is 23.9 Å². The number of nitrogens with zero attached hydrogens (tertiary/aromatic N) is 2. The molecule has 0 bridgehead atoms. The molecule has 0 fully saturated rings. The summed E-state index contributed by atoms with van der Waals surface area (Å²) < 4.78 is 53.2. The van der Waals surface area contributed by atoms with Crippen LogP contribution in [0.5, 0.6) is 0 Å². The fourth-order valence-corrected chi connectivity index (χ4v) is 5.99. The van der Waals surface area contributed by atoms with Crippen LogP contribution in [0.25, 0.3) is 0 Å². The zero-order valence-corrected chi connectivity index (χ0v) is 20.5. The maximum atomic E-state index is 13.9. The number of carbonyl (C=O) groups excluding carboxylic acids is 2. The van der Waals surface area contributed by atoms with Gasteiger partial charge < -0.3 is 19.8 Å². The van der Waals surface area contributed by atoms with E-state index in [1.807, 2.05) is 0 Å². The van der Waals surface area contributed by atoms with Crippen molar-refractivity contribution in [2.75, 3.05) is 10.6 Å². The zero-order valence-electron chi connectivity index (χ0n) is 19.6. The molecule has 3 aromatic heterocycles. The Morgan fingerprint density at radius 1 is 1.31 bits per heavy atom. The number of ether oxygens (including phenoxy) is 1. The maximum absolute atomic E-state index is 13.9. The van der Waals surface area contributed by atoms with Crippen LogP contribution in [0.1, 0.15) is 82.1 Å². The Morgan fingerprint density at radius 2 is 2.08 bits per heavy atom. The Bertz CT molecular complexity index is 1280. The molecule has 0 radical (unpaired) electrons. The Balaban J connectivity index is 1.49. The molecule has 2 unspecified atom stereocenters. The Hall–Kier alpha value is -3.28. The lowest BCUT2D eigenvalue weighted by Gasteiger charge is -2.32. The number of alkyl halides is 3. The monoisotopic (exact) mass is 522 g/mol. The number of anilines is 2.